The minimum atomic E-state index is -0.477. The van der Waals surface area contributed by atoms with Crippen molar-refractivity contribution >= 4 is 23.0 Å². The molecule has 0 saturated carbocycles. The Hall–Kier alpha value is -2.97. The molecule has 0 radical (unpaired) electrons. The van der Waals surface area contributed by atoms with Gasteiger partial charge in [-0.05, 0) is 42.0 Å². The molecule has 1 heterocycles. The number of nitro groups is 1. The Morgan fingerprint density at radius 3 is 2.69 bits per heavy atom. The molecule has 2 aromatic carbocycles. The summed E-state index contributed by atoms with van der Waals surface area (Å²) in [4.78, 5) is 14.9. The van der Waals surface area contributed by atoms with Crippen LogP contribution in [0, 0.1) is 10.1 Å². The highest BCUT2D eigenvalue weighted by molar-refractivity contribution is 6.30. The topological polar surface area (TPSA) is 114 Å². The van der Waals surface area contributed by atoms with Gasteiger partial charge < -0.3 is 14.9 Å². The van der Waals surface area contributed by atoms with Gasteiger partial charge in [-0.25, -0.2) is 0 Å². The van der Waals surface area contributed by atoms with Crippen LogP contribution in [0.2, 0.25) is 5.02 Å². The van der Waals surface area contributed by atoms with E-state index in [0.29, 0.717) is 41.0 Å². The van der Waals surface area contributed by atoms with Gasteiger partial charge in [0.05, 0.1) is 11.5 Å². The van der Waals surface area contributed by atoms with E-state index < -0.39 is 4.92 Å². The van der Waals surface area contributed by atoms with Gasteiger partial charge in [0.25, 0.3) is 5.69 Å². The molecule has 1 aromatic heterocycles. The van der Waals surface area contributed by atoms with Crippen LogP contribution < -0.4 is 5.32 Å². The zero-order chi connectivity index (χ0) is 18.5. The number of nitrogens with one attached hydrogen (secondary N) is 1. The van der Waals surface area contributed by atoms with Crippen LogP contribution in [0.1, 0.15) is 11.5 Å². The molecule has 2 N–H and O–H groups in total. The summed E-state index contributed by atoms with van der Waals surface area (Å²) in [6.45, 7) is 0.165. The highest BCUT2D eigenvalue weighted by atomic mass is 35.5. The van der Waals surface area contributed by atoms with Crippen molar-refractivity contribution in [3.63, 3.8) is 0 Å². The van der Waals surface area contributed by atoms with E-state index in [2.05, 4.69) is 15.5 Å². The lowest BCUT2D eigenvalue weighted by Crippen LogP contribution is -2.07. The first-order valence-corrected chi connectivity index (χ1v) is 8.15. The quantitative estimate of drug-likeness (QED) is 0.480. The van der Waals surface area contributed by atoms with Gasteiger partial charge in [0.1, 0.15) is 5.69 Å². The summed E-state index contributed by atoms with van der Waals surface area (Å²) >= 11 is 5.85. The largest absolute Gasteiger partial charge is 0.392 e. The van der Waals surface area contributed by atoms with E-state index in [4.69, 9.17) is 16.1 Å². The maximum atomic E-state index is 11.1. The van der Waals surface area contributed by atoms with Gasteiger partial charge in [-0.1, -0.05) is 16.8 Å². The number of aliphatic hydroxyl groups excluding tert-OH is 1. The van der Waals surface area contributed by atoms with Gasteiger partial charge in [0.15, 0.2) is 0 Å². The molecule has 0 aliphatic heterocycles. The first-order valence-electron chi connectivity index (χ1n) is 7.77. The van der Waals surface area contributed by atoms with Crippen molar-refractivity contribution in [3.8, 4) is 11.4 Å². The Kier molecular flexibility index (Phi) is 5.45. The lowest BCUT2D eigenvalue weighted by Gasteiger charge is -2.07. The lowest BCUT2D eigenvalue weighted by atomic mass is 10.2. The molecule has 0 bridgehead atoms. The third-order valence-corrected chi connectivity index (χ3v) is 3.92. The molecule has 3 aromatic rings. The zero-order valence-electron chi connectivity index (χ0n) is 13.6. The van der Waals surface area contributed by atoms with E-state index in [1.165, 1.54) is 12.1 Å². The fourth-order valence-corrected chi connectivity index (χ4v) is 2.49. The molecule has 9 heteroatoms. The van der Waals surface area contributed by atoms with Crippen molar-refractivity contribution in [3.05, 3.63) is 69.1 Å². The van der Waals surface area contributed by atoms with Gasteiger partial charge in [-0.15, -0.1) is 0 Å². The van der Waals surface area contributed by atoms with Crippen molar-refractivity contribution in [2.45, 2.75) is 13.0 Å². The summed E-state index contributed by atoms with van der Waals surface area (Å²) in [5, 5.41) is 27.8. The number of benzene rings is 2. The molecule has 3 rings (SSSR count). The molecular formula is C17H15ClN4O4. The number of nitrogens with zero attached hydrogens (tertiary/aromatic N) is 3. The van der Waals surface area contributed by atoms with Crippen LogP contribution in [0.25, 0.3) is 11.4 Å². The van der Waals surface area contributed by atoms with Crippen molar-refractivity contribution < 1.29 is 14.6 Å². The number of aromatic nitrogens is 2. The fourth-order valence-electron chi connectivity index (χ4n) is 2.36. The average molecular weight is 375 g/mol. The summed E-state index contributed by atoms with van der Waals surface area (Å²) in [6.07, 6.45) is 0.390. The number of rotatable bonds is 7. The molecular weight excluding hydrogens is 360 g/mol. The summed E-state index contributed by atoms with van der Waals surface area (Å²) in [7, 11) is 0. The van der Waals surface area contributed by atoms with Crippen LogP contribution in [-0.4, -0.2) is 26.7 Å². The van der Waals surface area contributed by atoms with E-state index >= 15 is 0 Å². The summed E-state index contributed by atoms with van der Waals surface area (Å²) in [5.74, 6) is 0.855. The summed E-state index contributed by atoms with van der Waals surface area (Å²) in [5.41, 5.74) is 1.64. The van der Waals surface area contributed by atoms with Gasteiger partial charge in [-0.3, -0.25) is 10.1 Å². The molecule has 134 valence electrons. The molecule has 0 unspecified atom stereocenters. The molecule has 0 amide bonds. The lowest BCUT2D eigenvalue weighted by molar-refractivity contribution is -0.384. The predicted octanol–water partition coefficient (Wildman–Crippen LogP) is 3.45. The Bertz CT molecular complexity index is 911. The Morgan fingerprint density at radius 2 is 2.00 bits per heavy atom. The average Bonchev–Trinajstić information content (AvgIpc) is 3.11. The Labute approximate surface area is 153 Å². The smallest absolute Gasteiger partial charge is 0.292 e. The molecule has 8 nitrogen and oxygen atoms in total. The predicted molar refractivity (Wildman–Crippen MR) is 96.0 cm³/mol. The van der Waals surface area contributed by atoms with Crippen molar-refractivity contribution in [1.82, 2.24) is 10.1 Å². The van der Waals surface area contributed by atoms with E-state index in [9.17, 15) is 15.2 Å². The number of anilines is 1. The van der Waals surface area contributed by atoms with Crippen molar-refractivity contribution in [1.29, 1.82) is 0 Å². The Morgan fingerprint density at radius 1 is 1.23 bits per heavy atom. The molecule has 0 aliphatic rings. The fraction of sp³-hybridized carbons (Fsp3) is 0.176. The van der Waals surface area contributed by atoms with Crippen LogP contribution in [0.4, 0.5) is 11.4 Å². The van der Waals surface area contributed by atoms with E-state index in [1.807, 2.05) is 0 Å². The maximum absolute atomic E-state index is 11.1. The second-order valence-corrected chi connectivity index (χ2v) is 5.90. The first-order chi connectivity index (χ1) is 12.6. The van der Waals surface area contributed by atoms with Crippen molar-refractivity contribution in [2.75, 3.05) is 11.9 Å². The van der Waals surface area contributed by atoms with Crippen LogP contribution in [0.3, 0.4) is 0 Å². The molecule has 0 saturated heterocycles. The normalized spacial score (nSPS) is 10.7. The number of hydrogen-bond acceptors (Lipinski definition) is 7. The van der Waals surface area contributed by atoms with Gasteiger partial charge >= 0.3 is 0 Å². The van der Waals surface area contributed by atoms with Crippen LogP contribution >= 0.6 is 11.6 Å². The van der Waals surface area contributed by atoms with Crippen LogP contribution in [-0.2, 0) is 13.0 Å². The van der Waals surface area contributed by atoms with Crippen LogP contribution in [0.15, 0.2) is 47.0 Å². The highest BCUT2D eigenvalue weighted by Gasteiger charge is 2.14. The van der Waals surface area contributed by atoms with E-state index in [-0.39, 0.29) is 12.3 Å². The van der Waals surface area contributed by atoms with E-state index in [1.54, 1.807) is 30.3 Å². The maximum Gasteiger partial charge on any atom is 0.292 e. The number of hydrogen-bond donors (Lipinski definition) is 2. The van der Waals surface area contributed by atoms with E-state index in [0.717, 1.165) is 5.56 Å². The standard InChI is InChI=1S/C17H15ClN4O4/c18-13-4-2-12(3-5-13)17-20-16(26-21-17)7-8-19-14-9-11(10-23)1-6-15(14)22(24)25/h1-6,9,19,23H,7-8,10H2. The number of halogens is 1. The summed E-state index contributed by atoms with van der Waals surface area (Å²) in [6, 6.07) is 11.5. The Balaban J connectivity index is 1.65. The minimum absolute atomic E-state index is 0.0606. The third-order valence-electron chi connectivity index (χ3n) is 3.67. The van der Waals surface area contributed by atoms with Crippen molar-refractivity contribution in [2.24, 2.45) is 0 Å². The van der Waals surface area contributed by atoms with Crippen LogP contribution in [0.5, 0.6) is 0 Å². The van der Waals surface area contributed by atoms with Gasteiger partial charge in [0.2, 0.25) is 11.7 Å². The molecule has 26 heavy (non-hydrogen) atoms. The second kappa shape index (κ2) is 7.94. The molecule has 0 aliphatic carbocycles. The zero-order valence-corrected chi connectivity index (χ0v) is 14.3. The summed E-state index contributed by atoms with van der Waals surface area (Å²) < 4.78 is 5.20. The SMILES string of the molecule is O=[N+]([O-])c1ccc(CO)cc1NCCc1nc(-c2ccc(Cl)cc2)no1. The highest BCUT2D eigenvalue weighted by Crippen LogP contribution is 2.25. The third kappa shape index (κ3) is 4.16. The second-order valence-electron chi connectivity index (χ2n) is 5.46. The van der Waals surface area contributed by atoms with Gasteiger partial charge in [-0.2, -0.15) is 4.98 Å². The number of nitro benzene ring substituents is 1. The number of aliphatic hydroxyl groups is 1. The first kappa shape index (κ1) is 17.8. The monoisotopic (exact) mass is 374 g/mol. The minimum Gasteiger partial charge on any atom is -0.392 e. The molecule has 0 fully saturated rings. The molecule has 0 spiro atoms. The van der Waals surface area contributed by atoms with Gasteiger partial charge in [0, 0.05) is 29.6 Å². The molecule has 0 atom stereocenters.